The van der Waals surface area contributed by atoms with E-state index < -0.39 is 12.0 Å². The lowest BCUT2D eigenvalue weighted by atomic mass is 10.2. The van der Waals surface area contributed by atoms with Crippen LogP contribution in [0.2, 0.25) is 5.02 Å². The summed E-state index contributed by atoms with van der Waals surface area (Å²) >= 11 is 5.99. The summed E-state index contributed by atoms with van der Waals surface area (Å²) in [4.78, 5) is 37.7. The Morgan fingerprint density at radius 2 is 1.70 bits per heavy atom. The SMILES string of the molecule is Nc1ccc(CNC(=O)NCC(=O)N2CCCN2c2cccc(C(=O)OCc3cccc(Cl)c3)c2)cc1. The third-order valence-electron chi connectivity index (χ3n) is 5.79. The highest BCUT2D eigenvalue weighted by atomic mass is 35.5. The number of benzene rings is 3. The number of nitrogens with two attached hydrogens (primary N) is 1. The number of ether oxygens (including phenoxy) is 1. The Morgan fingerprint density at radius 1 is 0.919 bits per heavy atom. The molecule has 1 heterocycles. The van der Waals surface area contributed by atoms with Crippen molar-refractivity contribution in [3.05, 3.63) is 94.5 Å². The Kier molecular flexibility index (Phi) is 8.48. The highest BCUT2D eigenvalue weighted by Crippen LogP contribution is 2.23. The first-order chi connectivity index (χ1) is 17.9. The molecule has 3 amide bonds. The number of amides is 3. The summed E-state index contributed by atoms with van der Waals surface area (Å²) in [6, 6.07) is 20.8. The fourth-order valence-corrected chi connectivity index (χ4v) is 4.13. The second-order valence-electron chi connectivity index (χ2n) is 8.53. The van der Waals surface area contributed by atoms with Crippen LogP contribution in [-0.4, -0.2) is 42.6 Å². The molecule has 0 unspecified atom stereocenters. The predicted octanol–water partition coefficient (Wildman–Crippen LogP) is 3.73. The molecule has 192 valence electrons. The largest absolute Gasteiger partial charge is 0.457 e. The van der Waals surface area contributed by atoms with Crippen molar-refractivity contribution in [2.24, 2.45) is 0 Å². The molecule has 3 aromatic carbocycles. The average molecular weight is 522 g/mol. The second kappa shape index (κ2) is 12.1. The molecule has 1 aliphatic heterocycles. The number of nitrogen functional groups attached to an aromatic ring is 1. The number of rotatable bonds is 8. The first kappa shape index (κ1) is 25.8. The Bertz CT molecular complexity index is 1270. The van der Waals surface area contributed by atoms with Crippen molar-refractivity contribution >= 4 is 40.9 Å². The first-order valence-corrected chi connectivity index (χ1v) is 12.2. The molecule has 37 heavy (non-hydrogen) atoms. The van der Waals surface area contributed by atoms with Gasteiger partial charge in [0.1, 0.15) is 13.2 Å². The smallest absolute Gasteiger partial charge is 0.338 e. The van der Waals surface area contributed by atoms with E-state index in [9.17, 15) is 14.4 Å². The zero-order chi connectivity index (χ0) is 26.2. The van der Waals surface area contributed by atoms with Gasteiger partial charge in [-0.2, -0.15) is 0 Å². The molecule has 0 atom stereocenters. The molecule has 0 saturated carbocycles. The topological polar surface area (TPSA) is 117 Å². The van der Waals surface area contributed by atoms with Gasteiger partial charge in [-0.1, -0.05) is 41.9 Å². The van der Waals surface area contributed by atoms with Crippen LogP contribution in [0, 0.1) is 0 Å². The van der Waals surface area contributed by atoms with E-state index in [1.807, 2.05) is 29.3 Å². The number of nitrogens with zero attached hydrogens (tertiary/aromatic N) is 2. The van der Waals surface area contributed by atoms with Gasteiger partial charge in [0, 0.05) is 30.3 Å². The Labute approximate surface area is 220 Å². The molecule has 0 bridgehead atoms. The zero-order valence-corrected chi connectivity index (χ0v) is 20.9. The lowest BCUT2D eigenvalue weighted by Gasteiger charge is -2.30. The van der Waals surface area contributed by atoms with Crippen LogP contribution in [-0.2, 0) is 22.7 Å². The van der Waals surface area contributed by atoms with Crippen LogP contribution in [0.1, 0.15) is 27.9 Å². The molecule has 0 spiro atoms. The van der Waals surface area contributed by atoms with Crippen molar-refractivity contribution in [1.29, 1.82) is 0 Å². The van der Waals surface area contributed by atoms with Crippen LogP contribution in [0.5, 0.6) is 0 Å². The van der Waals surface area contributed by atoms with Gasteiger partial charge < -0.3 is 21.1 Å². The van der Waals surface area contributed by atoms with E-state index in [-0.39, 0.29) is 19.1 Å². The van der Waals surface area contributed by atoms with Crippen molar-refractivity contribution in [2.75, 3.05) is 30.4 Å². The van der Waals surface area contributed by atoms with E-state index >= 15 is 0 Å². The van der Waals surface area contributed by atoms with Crippen LogP contribution in [0.4, 0.5) is 16.2 Å². The minimum Gasteiger partial charge on any atom is -0.457 e. The fraction of sp³-hybridized carbons (Fsp3) is 0.222. The maximum Gasteiger partial charge on any atom is 0.338 e. The molecule has 4 N–H and O–H groups in total. The van der Waals surface area contributed by atoms with Gasteiger partial charge in [0.05, 0.1) is 11.3 Å². The highest BCUT2D eigenvalue weighted by molar-refractivity contribution is 6.30. The van der Waals surface area contributed by atoms with Crippen LogP contribution >= 0.6 is 11.6 Å². The Morgan fingerprint density at radius 3 is 2.49 bits per heavy atom. The van der Waals surface area contributed by atoms with Gasteiger partial charge in [0.15, 0.2) is 0 Å². The molecular formula is C27H28ClN5O4. The normalized spacial score (nSPS) is 12.8. The molecule has 0 aromatic heterocycles. The van der Waals surface area contributed by atoms with Gasteiger partial charge >= 0.3 is 12.0 Å². The van der Waals surface area contributed by atoms with Gasteiger partial charge in [-0.3, -0.25) is 14.8 Å². The van der Waals surface area contributed by atoms with E-state index in [2.05, 4.69) is 10.6 Å². The van der Waals surface area contributed by atoms with Crippen LogP contribution in [0.25, 0.3) is 0 Å². The number of hydrogen-bond donors (Lipinski definition) is 3. The van der Waals surface area contributed by atoms with Crippen molar-refractivity contribution in [2.45, 2.75) is 19.6 Å². The van der Waals surface area contributed by atoms with Crippen molar-refractivity contribution in [3.8, 4) is 0 Å². The molecule has 3 aromatic rings. The predicted molar refractivity (Wildman–Crippen MR) is 142 cm³/mol. The van der Waals surface area contributed by atoms with Crippen LogP contribution in [0.3, 0.4) is 0 Å². The molecule has 1 aliphatic rings. The molecular weight excluding hydrogens is 494 g/mol. The number of hydrazine groups is 1. The Balaban J connectivity index is 1.30. The maximum atomic E-state index is 12.9. The summed E-state index contributed by atoms with van der Waals surface area (Å²) in [5.41, 5.74) is 9.06. The number of halogens is 1. The number of hydrogen-bond acceptors (Lipinski definition) is 6. The maximum absolute atomic E-state index is 12.9. The molecule has 10 heteroatoms. The summed E-state index contributed by atoms with van der Waals surface area (Å²) in [6.07, 6.45) is 0.762. The molecule has 4 rings (SSSR count). The van der Waals surface area contributed by atoms with Crippen molar-refractivity contribution in [3.63, 3.8) is 0 Å². The summed E-state index contributed by atoms with van der Waals surface area (Å²) in [5.74, 6) is -0.729. The fourth-order valence-electron chi connectivity index (χ4n) is 3.92. The zero-order valence-electron chi connectivity index (χ0n) is 20.2. The molecule has 0 aliphatic carbocycles. The standard InChI is InChI=1S/C27H28ClN5O4/c28-22-6-1-4-20(14-22)18-37-26(35)21-5-2-7-24(15-21)32-12-3-13-33(32)25(34)17-31-27(36)30-16-19-8-10-23(29)11-9-19/h1-2,4-11,14-15H,3,12-13,16-18,29H2,(H2,30,31,36). The van der Waals surface area contributed by atoms with Crippen molar-refractivity contribution < 1.29 is 19.1 Å². The van der Waals surface area contributed by atoms with E-state index in [0.29, 0.717) is 41.6 Å². The number of anilines is 2. The van der Waals surface area contributed by atoms with Crippen LogP contribution < -0.4 is 21.4 Å². The van der Waals surface area contributed by atoms with Gasteiger partial charge in [0.2, 0.25) is 0 Å². The molecule has 1 fully saturated rings. The number of carbonyl (C=O) groups excluding carboxylic acids is 3. The third kappa shape index (κ3) is 7.14. The van der Waals surface area contributed by atoms with Gasteiger partial charge in [-0.05, 0) is 60.0 Å². The van der Waals surface area contributed by atoms with Gasteiger partial charge in [-0.15, -0.1) is 0 Å². The van der Waals surface area contributed by atoms with Crippen LogP contribution in [0.15, 0.2) is 72.8 Å². The van der Waals surface area contributed by atoms with E-state index in [4.69, 9.17) is 22.1 Å². The summed E-state index contributed by atoms with van der Waals surface area (Å²) in [5, 5.41) is 9.28. The summed E-state index contributed by atoms with van der Waals surface area (Å²) in [7, 11) is 0. The Hall–Kier alpha value is -4.24. The van der Waals surface area contributed by atoms with Gasteiger partial charge in [0.25, 0.3) is 5.91 Å². The molecule has 0 radical (unpaired) electrons. The third-order valence-corrected chi connectivity index (χ3v) is 6.03. The monoisotopic (exact) mass is 521 g/mol. The second-order valence-corrected chi connectivity index (χ2v) is 8.96. The minimum absolute atomic E-state index is 0.101. The number of esters is 1. The summed E-state index contributed by atoms with van der Waals surface area (Å²) < 4.78 is 5.43. The summed E-state index contributed by atoms with van der Waals surface area (Å²) in [6.45, 7) is 1.37. The quantitative estimate of drug-likeness (QED) is 0.307. The molecule has 1 saturated heterocycles. The van der Waals surface area contributed by atoms with Crippen molar-refractivity contribution in [1.82, 2.24) is 15.6 Å². The van der Waals surface area contributed by atoms with E-state index in [1.165, 1.54) is 0 Å². The van der Waals surface area contributed by atoms with E-state index in [0.717, 1.165) is 17.5 Å². The lowest BCUT2D eigenvalue weighted by molar-refractivity contribution is -0.129. The number of nitrogens with one attached hydrogen (secondary N) is 2. The number of urea groups is 1. The minimum atomic E-state index is -0.474. The lowest BCUT2D eigenvalue weighted by Crippen LogP contribution is -2.48. The number of carbonyl (C=O) groups is 3. The average Bonchev–Trinajstić information content (AvgIpc) is 3.40. The highest BCUT2D eigenvalue weighted by Gasteiger charge is 2.27. The molecule has 9 nitrogen and oxygen atoms in total. The van der Waals surface area contributed by atoms with Gasteiger partial charge in [-0.25, -0.2) is 9.59 Å². The first-order valence-electron chi connectivity index (χ1n) is 11.8. The van der Waals surface area contributed by atoms with E-state index in [1.54, 1.807) is 53.5 Å².